The van der Waals surface area contributed by atoms with E-state index < -0.39 is 0 Å². The molecule has 1 aromatic heterocycles. The van der Waals surface area contributed by atoms with E-state index in [1.54, 1.807) is 18.2 Å². The lowest BCUT2D eigenvalue weighted by Gasteiger charge is -2.24. The van der Waals surface area contributed by atoms with Gasteiger partial charge in [-0.05, 0) is 37.1 Å². The number of para-hydroxylation sites is 1. The third-order valence-corrected chi connectivity index (χ3v) is 5.51. The summed E-state index contributed by atoms with van der Waals surface area (Å²) < 4.78 is 11.3. The van der Waals surface area contributed by atoms with Crippen LogP contribution in [0.3, 0.4) is 0 Å². The van der Waals surface area contributed by atoms with Crippen molar-refractivity contribution < 1.29 is 9.15 Å². The van der Waals surface area contributed by atoms with E-state index in [-0.39, 0.29) is 17.8 Å². The zero-order chi connectivity index (χ0) is 19.7. The summed E-state index contributed by atoms with van der Waals surface area (Å²) >= 11 is 12.0. The summed E-state index contributed by atoms with van der Waals surface area (Å²) in [5, 5.41) is 1.05. The second-order valence-corrected chi connectivity index (χ2v) is 7.75. The Morgan fingerprint density at radius 1 is 1.18 bits per heavy atom. The lowest BCUT2D eigenvalue weighted by molar-refractivity contribution is 0.289. The Labute approximate surface area is 173 Å². The largest absolute Gasteiger partial charge is 0.482 e. The number of halogens is 2. The summed E-state index contributed by atoms with van der Waals surface area (Å²) in [5.74, 6) is 0.759. The fraction of sp³-hybridized carbons (Fsp3) is 0.227. The first-order valence-corrected chi connectivity index (χ1v) is 9.80. The molecule has 0 spiro atoms. The van der Waals surface area contributed by atoms with Gasteiger partial charge < -0.3 is 14.1 Å². The van der Waals surface area contributed by atoms with Crippen LogP contribution in [0.4, 0.5) is 5.69 Å². The van der Waals surface area contributed by atoms with Gasteiger partial charge in [-0.2, -0.15) is 0 Å². The van der Waals surface area contributed by atoms with Crippen molar-refractivity contribution in [2.45, 2.75) is 32.5 Å². The molecule has 0 bridgehead atoms. The zero-order valence-corrected chi connectivity index (χ0v) is 16.8. The average molecular weight is 416 g/mol. The van der Waals surface area contributed by atoms with Crippen LogP contribution in [-0.4, -0.2) is 6.04 Å². The van der Waals surface area contributed by atoms with E-state index >= 15 is 0 Å². The second kappa shape index (κ2) is 7.90. The molecule has 0 saturated heterocycles. The van der Waals surface area contributed by atoms with Crippen LogP contribution in [-0.2, 0) is 19.6 Å². The van der Waals surface area contributed by atoms with Gasteiger partial charge in [0, 0.05) is 33.4 Å². The highest BCUT2D eigenvalue weighted by Crippen LogP contribution is 2.33. The molecule has 1 atom stereocenters. The van der Waals surface area contributed by atoms with Gasteiger partial charge in [-0.3, -0.25) is 4.79 Å². The minimum Gasteiger partial charge on any atom is -0.482 e. The van der Waals surface area contributed by atoms with Crippen molar-refractivity contribution >= 4 is 28.9 Å². The monoisotopic (exact) mass is 415 g/mol. The van der Waals surface area contributed by atoms with Crippen LogP contribution in [0.5, 0.6) is 5.75 Å². The molecular weight excluding hydrogens is 397 g/mol. The first kappa shape index (κ1) is 18.9. The highest BCUT2D eigenvalue weighted by atomic mass is 35.5. The number of rotatable bonds is 5. The molecule has 0 fully saturated rings. The normalized spacial score (nSPS) is 15.5. The average Bonchev–Trinajstić information content (AvgIpc) is 2.98. The quantitative estimate of drug-likeness (QED) is 0.553. The van der Waals surface area contributed by atoms with Gasteiger partial charge in [-0.1, -0.05) is 47.5 Å². The first-order valence-electron chi connectivity index (χ1n) is 9.04. The summed E-state index contributed by atoms with van der Waals surface area (Å²) in [6, 6.07) is 15.3. The summed E-state index contributed by atoms with van der Waals surface area (Å²) in [4.78, 5) is 14.7. The van der Waals surface area contributed by atoms with Gasteiger partial charge in [-0.15, -0.1) is 0 Å². The number of fused-ring (bicyclic) bond motifs is 1. The fourth-order valence-corrected chi connectivity index (χ4v) is 3.92. The Balaban J connectivity index is 1.47. The molecule has 6 heteroatoms. The topological polar surface area (TPSA) is 42.7 Å². The molecule has 0 saturated carbocycles. The Morgan fingerprint density at radius 2 is 2.00 bits per heavy atom. The van der Waals surface area contributed by atoms with Crippen molar-refractivity contribution in [2.24, 2.45) is 0 Å². The molecule has 0 amide bonds. The molecule has 0 radical (unpaired) electrons. The Kier molecular flexibility index (Phi) is 5.33. The van der Waals surface area contributed by atoms with Gasteiger partial charge >= 0.3 is 0 Å². The molecule has 0 aliphatic carbocycles. The molecule has 4 nitrogen and oxygen atoms in total. The number of benzene rings is 2. The van der Waals surface area contributed by atoms with Crippen molar-refractivity contribution in [1.82, 2.24) is 0 Å². The maximum atomic E-state index is 12.4. The van der Waals surface area contributed by atoms with Gasteiger partial charge in [0.1, 0.15) is 18.6 Å². The van der Waals surface area contributed by atoms with Crippen LogP contribution >= 0.6 is 23.2 Å². The highest BCUT2D eigenvalue weighted by molar-refractivity contribution is 6.35. The van der Waals surface area contributed by atoms with E-state index in [1.807, 2.05) is 12.1 Å². The van der Waals surface area contributed by atoms with Crippen molar-refractivity contribution in [1.29, 1.82) is 0 Å². The molecule has 1 aliphatic rings. The minimum atomic E-state index is -0.216. The molecule has 4 rings (SSSR count). The predicted octanol–water partition coefficient (Wildman–Crippen LogP) is 5.48. The number of ether oxygens (including phenoxy) is 1. The standard InChI is InChI=1S/C22H19Cl2NO3/c1-14-8-15-4-2-3-5-20(15)25(14)11-18-10-21(26)22(13-27-18)28-12-16-6-7-17(23)9-19(16)24/h2-7,9-10,13-14H,8,11-12H2,1H3/t14-/m0/s1. The smallest absolute Gasteiger partial charge is 0.227 e. The SMILES string of the molecule is C[C@H]1Cc2ccccc2N1Cc1cc(=O)c(OCc2ccc(Cl)cc2Cl)co1. The molecule has 1 aliphatic heterocycles. The van der Waals surface area contributed by atoms with Crippen LogP contribution in [0.25, 0.3) is 0 Å². The molecule has 2 aromatic carbocycles. The summed E-state index contributed by atoms with van der Waals surface area (Å²) in [6.45, 7) is 2.87. The molecular formula is C22H19Cl2NO3. The van der Waals surface area contributed by atoms with Gasteiger partial charge in [-0.25, -0.2) is 0 Å². The van der Waals surface area contributed by atoms with E-state index in [1.165, 1.54) is 23.6 Å². The van der Waals surface area contributed by atoms with Gasteiger partial charge in [0.2, 0.25) is 11.2 Å². The van der Waals surface area contributed by atoms with E-state index in [2.05, 4.69) is 24.0 Å². The summed E-state index contributed by atoms with van der Waals surface area (Å²) in [7, 11) is 0. The van der Waals surface area contributed by atoms with E-state index in [0.29, 0.717) is 28.4 Å². The summed E-state index contributed by atoms with van der Waals surface area (Å²) in [6.07, 6.45) is 2.36. The molecule has 0 unspecified atom stereocenters. The fourth-order valence-electron chi connectivity index (χ4n) is 3.46. The summed E-state index contributed by atoms with van der Waals surface area (Å²) in [5.41, 5.74) is 3.04. The Bertz CT molecular complexity index is 1060. The number of nitrogens with zero attached hydrogens (tertiary/aromatic N) is 1. The Morgan fingerprint density at radius 3 is 2.79 bits per heavy atom. The maximum absolute atomic E-state index is 12.4. The van der Waals surface area contributed by atoms with Crippen molar-refractivity contribution in [3.8, 4) is 5.75 Å². The van der Waals surface area contributed by atoms with E-state index in [4.69, 9.17) is 32.4 Å². The van der Waals surface area contributed by atoms with E-state index in [0.717, 1.165) is 12.0 Å². The van der Waals surface area contributed by atoms with E-state index in [9.17, 15) is 4.79 Å². The van der Waals surface area contributed by atoms with Crippen LogP contribution in [0.15, 0.2) is 64.0 Å². The molecule has 3 aromatic rings. The van der Waals surface area contributed by atoms with Crippen LogP contribution in [0.1, 0.15) is 23.8 Å². The van der Waals surface area contributed by atoms with Crippen LogP contribution < -0.4 is 15.1 Å². The number of anilines is 1. The minimum absolute atomic E-state index is 0.157. The third kappa shape index (κ3) is 3.89. The molecule has 2 heterocycles. The third-order valence-electron chi connectivity index (χ3n) is 4.93. The zero-order valence-electron chi connectivity index (χ0n) is 15.3. The molecule has 144 valence electrons. The Hall–Kier alpha value is -2.43. The van der Waals surface area contributed by atoms with Crippen molar-refractivity contribution in [3.05, 3.63) is 91.9 Å². The first-order chi connectivity index (χ1) is 13.5. The molecule has 0 N–H and O–H groups in total. The maximum Gasteiger partial charge on any atom is 0.227 e. The van der Waals surface area contributed by atoms with Gasteiger partial charge in [0.05, 0.1) is 6.54 Å². The predicted molar refractivity (Wildman–Crippen MR) is 112 cm³/mol. The lowest BCUT2D eigenvalue weighted by atomic mass is 10.1. The highest BCUT2D eigenvalue weighted by Gasteiger charge is 2.26. The van der Waals surface area contributed by atoms with Crippen LogP contribution in [0, 0.1) is 0 Å². The number of hydrogen-bond donors (Lipinski definition) is 0. The molecule has 28 heavy (non-hydrogen) atoms. The van der Waals surface area contributed by atoms with Gasteiger partial charge in [0.15, 0.2) is 0 Å². The van der Waals surface area contributed by atoms with Crippen molar-refractivity contribution in [3.63, 3.8) is 0 Å². The lowest BCUT2D eigenvalue weighted by Crippen LogP contribution is -2.29. The van der Waals surface area contributed by atoms with Crippen molar-refractivity contribution in [2.75, 3.05) is 4.90 Å². The number of hydrogen-bond acceptors (Lipinski definition) is 4. The van der Waals surface area contributed by atoms with Crippen LogP contribution in [0.2, 0.25) is 10.0 Å². The van der Waals surface area contributed by atoms with Gasteiger partial charge in [0.25, 0.3) is 0 Å². The second-order valence-electron chi connectivity index (χ2n) is 6.91.